The van der Waals surface area contributed by atoms with Crippen molar-refractivity contribution in [2.24, 2.45) is 0 Å². The molecule has 0 saturated heterocycles. The van der Waals surface area contributed by atoms with Gasteiger partial charge < -0.3 is 24.4 Å². The molecule has 29 heavy (non-hydrogen) atoms. The van der Waals surface area contributed by atoms with Crippen molar-refractivity contribution in [2.45, 2.75) is 0 Å². The Morgan fingerprint density at radius 1 is 1.03 bits per heavy atom. The summed E-state index contributed by atoms with van der Waals surface area (Å²) in [7, 11) is 4.35. The van der Waals surface area contributed by atoms with Crippen LogP contribution >= 0.6 is 11.6 Å². The largest absolute Gasteiger partial charge is 0.493 e. The van der Waals surface area contributed by atoms with Crippen molar-refractivity contribution in [3.8, 4) is 11.5 Å². The summed E-state index contributed by atoms with van der Waals surface area (Å²) < 4.78 is 15.3. The van der Waals surface area contributed by atoms with Gasteiger partial charge in [0.1, 0.15) is 0 Å². The number of rotatable bonds is 8. The lowest BCUT2D eigenvalue weighted by atomic mass is 10.2. The van der Waals surface area contributed by atoms with Crippen molar-refractivity contribution in [3.05, 3.63) is 53.1 Å². The molecule has 0 bridgehead atoms. The predicted molar refractivity (Wildman–Crippen MR) is 108 cm³/mol. The maximum atomic E-state index is 12.2. The van der Waals surface area contributed by atoms with Gasteiger partial charge in [-0.05, 0) is 30.3 Å². The van der Waals surface area contributed by atoms with E-state index in [0.717, 1.165) is 4.90 Å². The minimum absolute atomic E-state index is 0.203. The molecule has 0 aromatic heterocycles. The fraction of sp³-hybridized carbons (Fsp3) is 0.250. The highest BCUT2D eigenvalue weighted by molar-refractivity contribution is 6.33. The summed E-state index contributed by atoms with van der Waals surface area (Å²) in [5, 5.41) is 3.00. The topological polar surface area (TPSA) is 94.2 Å². The lowest BCUT2D eigenvalue weighted by molar-refractivity contribution is -0.136. The first-order valence-electron chi connectivity index (χ1n) is 8.53. The standard InChI is InChI=1S/C20H21ClN2O6/c1-23(11-18(24)22-15-7-5-4-6-14(15)21)19(25)12-29-20(26)13-8-9-16(27-2)17(10-13)28-3/h4-10H,11-12H2,1-3H3,(H,22,24). The molecular formula is C20H21ClN2O6. The van der Waals surface area contributed by atoms with Gasteiger partial charge >= 0.3 is 5.97 Å². The Morgan fingerprint density at radius 3 is 2.38 bits per heavy atom. The molecule has 2 aromatic rings. The lowest BCUT2D eigenvalue weighted by Gasteiger charge is -2.17. The zero-order valence-electron chi connectivity index (χ0n) is 16.2. The Kier molecular flexibility index (Phi) is 7.85. The van der Waals surface area contributed by atoms with E-state index < -0.39 is 24.4 Å². The molecule has 0 aliphatic heterocycles. The maximum absolute atomic E-state index is 12.2. The van der Waals surface area contributed by atoms with Crippen LogP contribution in [0.2, 0.25) is 5.02 Å². The number of benzene rings is 2. The molecule has 1 N–H and O–H groups in total. The number of ether oxygens (including phenoxy) is 3. The molecule has 0 fully saturated rings. The van der Waals surface area contributed by atoms with E-state index in [1.807, 2.05) is 0 Å². The fourth-order valence-corrected chi connectivity index (χ4v) is 2.52. The molecule has 2 rings (SSSR count). The summed E-state index contributed by atoms with van der Waals surface area (Å²) >= 11 is 5.98. The van der Waals surface area contributed by atoms with Crippen molar-refractivity contribution < 1.29 is 28.6 Å². The Bertz CT molecular complexity index is 902. The van der Waals surface area contributed by atoms with Crippen LogP contribution in [-0.2, 0) is 14.3 Å². The Labute approximate surface area is 173 Å². The van der Waals surface area contributed by atoms with E-state index in [-0.39, 0.29) is 12.1 Å². The van der Waals surface area contributed by atoms with Gasteiger partial charge in [0.05, 0.1) is 37.0 Å². The maximum Gasteiger partial charge on any atom is 0.338 e. The van der Waals surface area contributed by atoms with E-state index in [1.165, 1.54) is 33.4 Å². The van der Waals surface area contributed by atoms with Gasteiger partial charge in [0.25, 0.3) is 5.91 Å². The van der Waals surface area contributed by atoms with Gasteiger partial charge in [-0.1, -0.05) is 23.7 Å². The number of hydrogen-bond acceptors (Lipinski definition) is 6. The third-order valence-electron chi connectivity index (χ3n) is 3.90. The molecule has 8 nitrogen and oxygen atoms in total. The fourth-order valence-electron chi connectivity index (χ4n) is 2.34. The molecular weight excluding hydrogens is 400 g/mol. The number of anilines is 1. The van der Waals surface area contributed by atoms with E-state index in [1.54, 1.807) is 30.3 Å². The van der Waals surface area contributed by atoms with Crippen LogP contribution in [-0.4, -0.2) is 57.1 Å². The third-order valence-corrected chi connectivity index (χ3v) is 4.23. The summed E-state index contributed by atoms with van der Waals surface area (Å²) in [4.78, 5) is 37.5. The molecule has 2 aromatic carbocycles. The number of amides is 2. The second kappa shape index (κ2) is 10.3. The van der Waals surface area contributed by atoms with Crippen LogP contribution in [0.25, 0.3) is 0 Å². The predicted octanol–water partition coefficient (Wildman–Crippen LogP) is 2.61. The van der Waals surface area contributed by atoms with Gasteiger partial charge in [0.2, 0.25) is 5.91 Å². The number of nitrogens with zero attached hydrogens (tertiary/aromatic N) is 1. The summed E-state index contributed by atoms with van der Waals surface area (Å²) in [6.07, 6.45) is 0. The number of likely N-dealkylation sites (N-methyl/N-ethyl adjacent to an activating group) is 1. The van der Waals surface area contributed by atoms with Crippen molar-refractivity contribution in [1.82, 2.24) is 4.90 Å². The molecule has 0 radical (unpaired) electrons. The van der Waals surface area contributed by atoms with Crippen LogP contribution in [0.5, 0.6) is 11.5 Å². The number of esters is 1. The van der Waals surface area contributed by atoms with Gasteiger partial charge in [0, 0.05) is 7.05 Å². The summed E-state index contributed by atoms with van der Waals surface area (Å²) in [6.45, 7) is -0.735. The third kappa shape index (κ3) is 6.11. The van der Waals surface area contributed by atoms with Crippen LogP contribution in [0.3, 0.4) is 0 Å². The van der Waals surface area contributed by atoms with E-state index in [2.05, 4.69) is 5.32 Å². The number of hydrogen-bond donors (Lipinski definition) is 1. The van der Waals surface area contributed by atoms with Crippen molar-refractivity contribution in [1.29, 1.82) is 0 Å². The number of halogens is 1. The summed E-state index contributed by atoms with van der Waals surface area (Å²) in [6, 6.07) is 11.3. The van der Waals surface area contributed by atoms with Crippen molar-refractivity contribution in [3.63, 3.8) is 0 Å². The molecule has 0 atom stereocenters. The van der Waals surface area contributed by atoms with Crippen LogP contribution in [0.4, 0.5) is 5.69 Å². The molecule has 2 amide bonds. The number of carbonyl (C=O) groups is 3. The normalized spacial score (nSPS) is 10.1. The van der Waals surface area contributed by atoms with Crippen LogP contribution in [0, 0.1) is 0 Å². The quantitative estimate of drug-likeness (QED) is 0.660. The Hall–Kier alpha value is -3.26. The summed E-state index contributed by atoms with van der Waals surface area (Å²) in [5.74, 6) is -0.840. The van der Waals surface area contributed by atoms with E-state index >= 15 is 0 Å². The van der Waals surface area contributed by atoms with Crippen LogP contribution in [0.1, 0.15) is 10.4 Å². The molecule has 0 heterocycles. The smallest absolute Gasteiger partial charge is 0.338 e. The second-order valence-corrected chi connectivity index (χ2v) is 6.33. The monoisotopic (exact) mass is 420 g/mol. The molecule has 0 saturated carbocycles. The van der Waals surface area contributed by atoms with Crippen molar-refractivity contribution >= 4 is 35.1 Å². The minimum atomic E-state index is -0.701. The number of carbonyl (C=O) groups excluding carboxylic acids is 3. The SMILES string of the molecule is COc1ccc(C(=O)OCC(=O)N(C)CC(=O)Nc2ccccc2Cl)cc1OC. The van der Waals surface area contributed by atoms with Gasteiger partial charge in [0.15, 0.2) is 18.1 Å². The number of nitrogens with one attached hydrogen (secondary N) is 1. The highest BCUT2D eigenvalue weighted by atomic mass is 35.5. The molecule has 9 heteroatoms. The first-order valence-corrected chi connectivity index (χ1v) is 8.91. The van der Waals surface area contributed by atoms with Crippen molar-refractivity contribution in [2.75, 3.05) is 39.7 Å². The molecule has 0 aliphatic carbocycles. The minimum Gasteiger partial charge on any atom is -0.493 e. The lowest BCUT2D eigenvalue weighted by Crippen LogP contribution is -2.37. The van der Waals surface area contributed by atoms with E-state index in [0.29, 0.717) is 22.2 Å². The van der Waals surface area contributed by atoms with Gasteiger partial charge in [-0.15, -0.1) is 0 Å². The Balaban J connectivity index is 1.87. The number of para-hydroxylation sites is 1. The van der Waals surface area contributed by atoms with Gasteiger partial charge in [-0.25, -0.2) is 4.79 Å². The molecule has 0 spiro atoms. The molecule has 0 unspecified atom stereocenters. The zero-order valence-corrected chi connectivity index (χ0v) is 17.0. The average Bonchev–Trinajstić information content (AvgIpc) is 2.72. The molecule has 0 aliphatic rings. The highest BCUT2D eigenvalue weighted by Crippen LogP contribution is 2.27. The summed E-state index contributed by atoms with van der Waals surface area (Å²) in [5.41, 5.74) is 0.648. The van der Waals surface area contributed by atoms with Gasteiger partial charge in [-0.2, -0.15) is 0 Å². The zero-order chi connectivity index (χ0) is 21.4. The second-order valence-electron chi connectivity index (χ2n) is 5.92. The van der Waals surface area contributed by atoms with E-state index in [9.17, 15) is 14.4 Å². The van der Waals surface area contributed by atoms with Gasteiger partial charge in [-0.3, -0.25) is 9.59 Å². The first-order chi connectivity index (χ1) is 13.8. The molecule has 154 valence electrons. The van der Waals surface area contributed by atoms with E-state index in [4.69, 9.17) is 25.8 Å². The highest BCUT2D eigenvalue weighted by Gasteiger charge is 2.17. The number of methoxy groups -OCH3 is 2. The average molecular weight is 421 g/mol. The first kappa shape index (κ1) is 22.0. The van der Waals surface area contributed by atoms with Crippen LogP contribution < -0.4 is 14.8 Å². The van der Waals surface area contributed by atoms with Crippen LogP contribution in [0.15, 0.2) is 42.5 Å². The Morgan fingerprint density at radius 2 is 1.72 bits per heavy atom.